The van der Waals surface area contributed by atoms with Gasteiger partial charge in [0, 0.05) is 12.6 Å². The standard InChI is InChI=1S/C21H21Br2N3O3/c1-14(16-10-8-15(9-11-16)12-19(22)23)25-29-13-17-6-4-5-7-18(17)20(26-28-3)21(27)24-2/h4-12,25H,1,13H2,2-3H3,(H,24,27). The third-order valence-electron chi connectivity index (χ3n) is 3.86. The summed E-state index contributed by atoms with van der Waals surface area (Å²) in [5.74, 6) is -0.346. The van der Waals surface area contributed by atoms with Crippen LogP contribution in [-0.4, -0.2) is 25.8 Å². The Labute approximate surface area is 186 Å². The van der Waals surface area contributed by atoms with Crippen molar-refractivity contribution < 1.29 is 14.5 Å². The molecule has 0 radical (unpaired) electrons. The molecule has 2 aromatic carbocycles. The van der Waals surface area contributed by atoms with Crippen molar-refractivity contribution in [3.8, 4) is 0 Å². The van der Waals surface area contributed by atoms with Crippen LogP contribution < -0.4 is 10.8 Å². The van der Waals surface area contributed by atoms with Gasteiger partial charge in [-0.15, -0.1) is 0 Å². The molecule has 152 valence electrons. The minimum absolute atomic E-state index is 0.176. The number of carbonyl (C=O) groups excluding carboxylic acids is 1. The second kappa shape index (κ2) is 11.5. The maximum absolute atomic E-state index is 12.1. The Kier molecular flexibility index (Phi) is 9.11. The molecule has 2 N–H and O–H groups in total. The zero-order valence-electron chi connectivity index (χ0n) is 16.0. The van der Waals surface area contributed by atoms with E-state index in [-0.39, 0.29) is 18.2 Å². The van der Waals surface area contributed by atoms with Gasteiger partial charge in [0.05, 0.1) is 9.09 Å². The smallest absolute Gasteiger partial charge is 0.273 e. The SMILES string of the molecule is C=C(NOCc1ccccc1C(=NOC)C(=O)NC)c1ccc(C=C(Br)Br)cc1. The molecule has 0 bridgehead atoms. The predicted molar refractivity (Wildman–Crippen MR) is 123 cm³/mol. The Balaban J connectivity index is 2.05. The highest BCUT2D eigenvalue weighted by Crippen LogP contribution is 2.20. The maximum Gasteiger partial charge on any atom is 0.273 e. The summed E-state index contributed by atoms with van der Waals surface area (Å²) in [6.07, 6.45) is 1.94. The van der Waals surface area contributed by atoms with E-state index in [0.717, 1.165) is 20.1 Å². The summed E-state index contributed by atoms with van der Waals surface area (Å²) in [6, 6.07) is 15.1. The first kappa shape index (κ1) is 22.9. The van der Waals surface area contributed by atoms with Gasteiger partial charge in [0.2, 0.25) is 0 Å². The highest BCUT2D eigenvalue weighted by molar-refractivity contribution is 9.28. The average Bonchev–Trinajstić information content (AvgIpc) is 2.72. The van der Waals surface area contributed by atoms with E-state index in [0.29, 0.717) is 11.3 Å². The number of oxime groups is 1. The lowest BCUT2D eigenvalue weighted by molar-refractivity contribution is -0.114. The number of carbonyl (C=O) groups is 1. The Morgan fingerprint density at radius 1 is 1.17 bits per heavy atom. The van der Waals surface area contributed by atoms with E-state index in [1.54, 1.807) is 6.07 Å². The monoisotopic (exact) mass is 521 g/mol. The summed E-state index contributed by atoms with van der Waals surface area (Å²) < 4.78 is 0.866. The normalized spacial score (nSPS) is 10.8. The van der Waals surface area contributed by atoms with Gasteiger partial charge in [0.25, 0.3) is 5.91 Å². The molecule has 0 aromatic heterocycles. The number of hydrogen-bond donors (Lipinski definition) is 2. The van der Waals surface area contributed by atoms with Crippen LogP contribution in [0.25, 0.3) is 11.8 Å². The molecule has 0 atom stereocenters. The number of hydroxylamine groups is 1. The van der Waals surface area contributed by atoms with Gasteiger partial charge >= 0.3 is 0 Å². The summed E-state index contributed by atoms with van der Waals surface area (Å²) in [6.45, 7) is 4.20. The molecule has 2 rings (SSSR count). The number of hydrogen-bond acceptors (Lipinski definition) is 5. The zero-order valence-corrected chi connectivity index (χ0v) is 19.2. The first-order valence-electron chi connectivity index (χ1n) is 8.57. The van der Waals surface area contributed by atoms with Crippen LogP contribution in [-0.2, 0) is 21.1 Å². The lowest BCUT2D eigenvalue weighted by atomic mass is 10.0. The lowest BCUT2D eigenvalue weighted by Crippen LogP contribution is -2.29. The summed E-state index contributed by atoms with van der Waals surface area (Å²) in [5.41, 5.74) is 6.98. The van der Waals surface area contributed by atoms with Crippen molar-refractivity contribution in [3.63, 3.8) is 0 Å². The number of nitrogens with zero attached hydrogens (tertiary/aromatic N) is 1. The maximum atomic E-state index is 12.1. The van der Waals surface area contributed by atoms with E-state index in [4.69, 9.17) is 9.68 Å². The van der Waals surface area contributed by atoms with E-state index in [1.807, 2.05) is 48.5 Å². The summed E-state index contributed by atoms with van der Waals surface area (Å²) >= 11 is 6.68. The van der Waals surface area contributed by atoms with Crippen LogP contribution in [0.2, 0.25) is 0 Å². The van der Waals surface area contributed by atoms with Crippen molar-refractivity contribution in [3.05, 3.63) is 80.8 Å². The fraction of sp³-hybridized carbons (Fsp3) is 0.143. The molecule has 0 heterocycles. The van der Waals surface area contributed by atoms with E-state index >= 15 is 0 Å². The molecule has 0 aliphatic heterocycles. The van der Waals surface area contributed by atoms with E-state index in [2.05, 4.69) is 54.4 Å². The zero-order chi connectivity index (χ0) is 21.2. The number of amides is 1. The first-order chi connectivity index (χ1) is 14.0. The molecule has 1 amide bonds. The molecule has 0 fully saturated rings. The van der Waals surface area contributed by atoms with Crippen molar-refractivity contribution in [2.45, 2.75) is 6.61 Å². The van der Waals surface area contributed by atoms with Gasteiger partial charge in [-0.2, -0.15) is 0 Å². The van der Waals surface area contributed by atoms with Crippen LogP contribution in [0, 0.1) is 0 Å². The molecular weight excluding hydrogens is 502 g/mol. The Morgan fingerprint density at radius 3 is 2.48 bits per heavy atom. The van der Waals surface area contributed by atoms with Crippen LogP contribution >= 0.6 is 31.9 Å². The molecule has 8 heteroatoms. The van der Waals surface area contributed by atoms with Gasteiger partial charge in [-0.05, 0) is 54.6 Å². The summed E-state index contributed by atoms with van der Waals surface area (Å²) in [7, 11) is 2.93. The van der Waals surface area contributed by atoms with Gasteiger partial charge in [0.1, 0.15) is 13.7 Å². The van der Waals surface area contributed by atoms with Gasteiger partial charge in [-0.1, -0.05) is 60.3 Å². The van der Waals surface area contributed by atoms with Crippen molar-refractivity contribution in [2.24, 2.45) is 5.16 Å². The number of nitrogens with one attached hydrogen (secondary N) is 2. The van der Waals surface area contributed by atoms with Crippen LogP contribution in [0.4, 0.5) is 0 Å². The molecule has 0 unspecified atom stereocenters. The topological polar surface area (TPSA) is 71.9 Å². The highest BCUT2D eigenvalue weighted by atomic mass is 79.9. The van der Waals surface area contributed by atoms with Crippen LogP contribution in [0.3, 0.4) is 0 Å². The lowest BCUT2D eigenvalue weighted by Gasteiger charge is -2.13. The molecule has 0 spiro atoms. The van der Waals surface area contributed by atoms with Crippen molar-refractivity contribution in [1.82, 2.24) is 10.8 Å². The predicted octanol–water partition coefficient (Wildman–Crippen LogP) is 4.56. The molecule has 2 aromatic rings. The fourth-order valence-corrected chi connectivity index (χ4v) is 2.99. The quantitative estimate of drug-likeness (QED) is 0.374. The minimum atomic E-state index is -0.346. The number of benzene rings is 2. The van der Waals surface area contributed by atoms with Crippen LogP contribution in [0.15, 0.2) is 63.7 Å². The molecule has 6 nitrogen and oxygen atoms in total. The molecule has 0 aliphatic carbocycles. The van der Waals surface area contributed by atoms with Crippen molar-refractivity contribution in [1.29, 1.82) is 0 Å². The second-order valence-electron chi connectivity index (χ2n) is 5.78. The van der Waals surface area contributed by atoms with Crippen LogP contribution in [0.5, 0.6) is 0 Å². The van der Waals surface area contributed by atoms with Gasteiger partial charge in [0.15, 0.2) is 5.71 Å². The average molecular weight is 523 g/mol. The summed E-state index contributed by atoms with van der Waals surface area (Å²) in [4.78, 5) is 22.5. The molecule has 29 heavy (non-hydrogen) atoms. The Hall–Kier alpha value is -2.42. The van der Waals surface area contributed by atoms with Gasteiger partial charge in [-0.25, -0.2) is 0 Å². The van der Waals surface area contributed by atoms with Gasteiger partial charge in [-0.3, -0.25) is 15.1 Å². The third kappa shape index (κ3) is 6.85. The third-order valence-corrected chi connectivity index (χ3v) is 4.31. The first-order valence-corrected chi connectivity index (χ1v) is 10.2. The Bertz CT molecular complexity index is 921. The molecule has 0 saturated heterocycles. The van der Waals surface area contributed by atoms with Crippen LogP contribution in [0.1, 0.15) is 22.3 Å². The van der Waals surface area contributed by atoms with Crippen molar-refractivity contribution >= 4 is 55.3 Å². The van der Waals surface area contributed by atoms with Gasteiger partial charge < -0.3 is 10.2 Å². The molecule has 0 saturated carbocycles. The second-order valence-corrected chi connectivity index (χ2v) is 8.56. The number of halogens is 2. The number of likely N-dealkylation sites (N-methyl/N-ethyl adjacent to an activating group) is 1. The number of rotatable bonds is 9. The largest absolute Gasteiger partial charge is 0.398 e. The summed E-state index contributed by atoms with van der Waals surface area (Å²) in [5, 5.41) is 6.40. The molecule has 0 aliphatic rings. The fourth-order valence-electron chi connectivity index (χ4n) is 2.47. The van der Waals surface area contributed by atoms with E-state index < -0.39 is 0 Å². The van der Waals surface area contributed by atoms with E-state index in [1.165, 1.54) is 14.2 Å². The van der Waals surface area contributed by atoms with Crippen molar-refractivity contribution in [2.75, 3.05) is 14.2 Å². The minimum Gasteiger partial charge on any atom is -0.398 e. The highest BCUT2D eigenvalue weighted by Gasteiger charge is 2.17. The molecular formula is C21H21Br2N3O3. The van der Waals surface area contributed by atoms with E-state index in [9.17, 15) is 4.79 Å². The Morgan fingerprint density at radius 2 is 1.86 bits per heavy atom.